The van der Waals surface area contributed by atoms with Crippen LogP contribution in [-0.4, -0.2) is 43.5 Å². The maximum Gasteiger partial charge on any atom is 0.226 e. The molecule has 0 aromatic carbocycles. The zero-order valence-electron chi connectivity index (χ0n) is 8.05. The summed E-state index contributed by atoms with van der Waals surface area (Å²) in [6, 6.07) is 0.367. The molecule has 0 saturated carbocycles. The molecule has 4 nitrogen and oxygen atoms in total. The fourth-order valence-electron chi connectivity index (χ4n) is 2.75. The first-order valence-corrected chi connectivity index (χ1v) is 4.88. The third-order valence-corrected chi connectivity index (χ3v) is 3.61. The predicted octanol–water partition coefficient (Wildman–Crippen LogP) is -0.844. The highest BCUT2D eigenvalue weighted by atomic mass is 16.1. The zero-order chi connectivity index (χ0) is 9.47. The van der Waals surface area contributed by atoms with E-state index < -0.39 is 0 Å². The fourth-order valence-corrected chi connectivity index (χ4v) is 2.75. The van der Waals surface area contributed by atoms with Gasteiger partial charge >= 0.3 is 0 Å². The van der Waals surface area contributed by atoms with Crippen LogP contribution in [-0.2, 0) is 4.79 Å². The monoisotopic (exact) mass is 183 g/mol. The molecule has 4 heteroatoms. The molecule has 3 N–H and O–H groups in total. The minimum atomic E-state index is -0.285. The van der Waals surface area contributed by atoms with E-state index in [0.29, 0.717) is 6.04 Å². The van der Waals surface area contributed by atoms with Crippen molar-refractivity contribution in [3.63, 3.8) is 0 Å². The Labute approximate surface area is 78.5 Å². The van der Waals surface area contributed by atoms with E-state index in [4.69, 9.17) is 5.73 Å². The van der Waals surface area contributed by atoms with Gasteiger partial charge in [-0.2, -0.15) is 0 Å². The van der Waals surface area contributed by atoms with Crippen molar-refractivity contribution in [3.8, 4) is 0 Å². The van der Waals surface area contributed by atoms with Crippen molar-refractivity contribution in [1.29, 1.82) is 0 Å². The Kier molecular flexibility index (Phi) is 2.04. The second kappa shape index (κ2) is 2.96. The number of amides is 1. The third-order valence-electron chi connectivity index (χ3n) is 3.61. The van der Waals surface area contributed by atoms with Crippen LogP contribution < -0.4 is 11.1 Å². The van der Waals surface area contributed by atoms with Crippen LogP contribution in [0, 0.1) is 5.41 Å². The number of likely N-dealkylation sites (tertiary alicyclic amines) is 1. The van der Waals surface area contributed by atoms with Crippen molar-refractivity contribution >= 4 is 5.91 Å². The quantitative estimate of drug-likeness (QED) is 0.557. The molecule has 0 aromatic rings. The first-order valence-electron chi connectivity index (χ1n) is 4.88. The van der Waals surface area contributed by atoms with E-state index in [0.717, 1.165) is 32.5 Å². The summed E-state index contributed by atoms with van der Waals surface area (Å²) in [6.07, 6.45) is 1.95. The van der Waals surface area contributed by atoms with E-state index in [1.54, 1.807) is 0 Å². The van der Waals surface area contributed by atoms with Crippen molar-refractivity contribution in [3.05, 3.63) is 0 Å². The van der Waals surface area contributed by atoms with E-state index in [1.165, 1.54) is 0 Å². The molecular weight excluding hydrogens is 166 g/mol. The van der Waals surface area contributed by atoms with Crippen molar-refractivity contribution < 1.29 is 4.79 Å². The molecule has 13 heavy (non-hydrogen) atoms. The highest BCUT2D eigenvalue weighted by Gasteiger charge is 2.51. The Morgan fingerprint density at radius 1 is 1.69 bits per heavy atom. The molecule has 0 radical (unpaired) electrons. The Balaban J connectivity index is 2.27. The minimum Gasteiger partial charge on any atom is -0.369 e. The summed E-state index contributed by atoms with van der Waals surface area (Å²) in [6.45, 7) is 2.76. The van der Waals surface area contributed by atoms with Gasteiger partial charge in [0.15, 0.2) is 0 Å². The van der Waals surface area contributed by atoms with Gasteiger partial charge in [-0.15, -0.1) is 0 Å². The number of nitrogens with one attached hydrogen (secondary N) is 1. The number of fused-ring (bicyclic) bond motifs is 1. The normalized spacial score (nSPS) is 40.2. The summed E-state index contributed by atoms with van der Waals surface area (Å²) in [4.78, 5) is 13.7. The Morgan fingerprint density at radius 2 is 2.46 bits per heavy atom. The standard InChI is InChI=1S/C9H17N3O/c1-12-5-3-9(8(10)13)6-11-4-2-7(9)12/h7,11H,2-6H2,1H3,(H2,10,13). The highest BCUT2D eigenvalue weighted by molar-refractivity contribution is 5.82. The van der Waals surface area contributed by atoms with Gasteiger partial charge < -0.3 is 16.0 Å². The van der Waals surface area contributed by atoms with E-state index in [1.807, 2.05) is 0 Å². The molecule has 0 bridgehead atoms. The van der Waals surface area contributed by atoms with Crippen LogP contribution in [0.25, 0.3) is 0 Å². The van der Waals surface area contributed by atoms with Gasteiger partial charge in [-0.25, -0.2) is 0 Å². The molecule has 2 atom stereocenters. The summed E-state index contributed by atoms with van der Waals surface area (Å²) in [5, 5.41) is 3.27. The SMILES string of the molecule is CN1CCC2(C(N)=O)CNCCC12. The molecule has 2 aliphatic rings. The molecule has 74 valence electrons. The van der Waals surface area contributed by atoms with E-state index in [9.17, 15) is 4.79 Å². The molecule has 0 spiro atoms. The van der Waals surface area contributed by atoms with Gasteiger partial charge in [0.1, 0.15) is 0 Å². The first kappa shape index (κ1) is 8.97. The Morgan fingerprint density at radius 3 is 3.08 bits per heavy atom. The van der Waals surface area contributed by atoms with Crippen LogP contribution in [0.3, 0.4) is 0 Å². The topological polar surface area (TPSA) is 58.4 Å². The largest absolute Gasteiger partial charge is 0.369 e. The van der Waals surface area contributed by atoms with Crippen LogP contribution >= 0.6 is 0 Å². The molecule has 2 saturated heterocycles. The summed E-state index contributed by atoms with van der Waals surface area (Å²) >= 11 is 0. The van der Waals surface area contributed by atoms with Gasteiger partial charge in [0.25, 0.3) is 0 Å². The summed E-state index contributed by atoms with van der Waals surface area (Å²) in [5.74, 6) is -0.131. The zero-order valence-corrected chi connectivity index (χ0v) is 8.05. The average Bonchev–Trinajstić information content (AvgIpc) is 2.46. The van der Waals surface area contributed by atoms with Crippen molar-refractivity contribution in [2.75, 3.05) is 26.7 Å². The van der Waals surface area contributed by atoms with Crippen molar-refractivity contribution in [1.82, 2.24) is 10.2 Å². The highest BCUT2D eigenvalue weighted by Crippen LogP contribution is 2.38. The van der Waals surface area contributed by atoms with Crippen LogP contribution in [0.1, 0.15) is 12.8 Å². The first-order chi connectivity index (χ1) is 6.17. The maximum absolute atomic E-state index is 11.5. The minimum absolute atomic E-state index is 0.131. The molecule has 1 amide bonds. The van der Waals surface area contributed by atoms with Gasteiger partial charge in [0.05, 0.1) is 5.41 Å². The molecule has 2 rings (SSSR count). The Hall–Kier alpha value is -0.610. The number of carbonyl (C=O) groups excluding carboxylic acids is 1. The lowest BCUT2D eigenvalue weighted by atomic mass is 9.76. The maximum atomic E-state index is 11.5. The van der Waals surface area contributed by atoms with Gasteiger partial charge in [-0.1, -0.05) is 0 Å². The lowest BCUT2D eigenvalue weighted by Crippen LogP contribution is -2.56. The lowest BCUT2D eigenvalue weighted by Gasteiger charge is -2.38. The smallest absolute Gasteiger partial charge is 0.226 e. The van der Waals surface area contributed by atoms with E-state index in [-0.39, 0.29) is 11.3 Å². The summed E-state index contributed by atoms with van der Waals surface area (Å²) in [7, 11) is 2.08. The number of primary amides is 1. The van der Waals surface area contributed by atoms with E-state index in [2.05, 4.69) is 17.3 Å². The van der Waals surface area contributed by atoms with Crippen LogP contribution in [0.4, 0.5) is 0 Å². The number of hydrogen-bond donors (Lipinski definition) is 2. The third kappa shape index (κ3) is 1.16. The van der Waals surface area contributed by atoms with Gasteiger partial charge in [-0.3, -0.25) is 4.79 Å². The van der Waals surface area contributed by atoms with Crippen LogP contribution in [0.5, 0.6) is 0 Å². The number of carbonyl (C=O) groups is 1. The average molecular weight is 183 g/mol. The molecule has 2 fully saturated rings. The summed E-state index contributed by atoms with van der Waals surface area (Å²) < 4.78 is 0. The number of rotatable bonds is 1. The number of hydrogen-bond acceptors (Lipinski definition) is 3. The van der Waals surface area contributed by atoms with Gasteiger partial charge in [0.2, 0.25) is 5.91 Å². The second-order valence-corrected chi connectivity index (χ2v) is 4.23. The number of nitrogens with two attached hydrogens (primary N) is 1. The van der Waals surface area contributed by atoms with E-state index >= 15 is 0 Å². The fraction of sp³-hybridized carbons (Fsp3) is 0.889. The predicted molar refractivity (Wildman–Crippen MR) is 50.1 cm³/mol. The lowest BCUT2D eigenvalue weighted by molar-refractivity contribution is -0.129. The molecule has 2 unspecified atom stereocenters. The molecule has 0 aromatic heterocycles. The van der Waals surface area contributed by atoms with Crippen LogP contribution in [0.2, 0.25) is 0 Å². The molecule has 2 aliphatic heterocycles. The van der Waals surface area contributed by atoms with Crippen molar-refractivity contribution in [2.45, 2.75) is 18.9 Å². The van der Waals surface area contributed by atoms with Crippen LogP contribution in [0.15, 0.2) is 0 Å². The Bertz CT molecular complexity index is 227. The second-order valence-electron chi connectivity index (χ2n) is 4.23. The summed E-state index contributed by atoms with van der Waals surface area (Å²) in [5.41, 5.74) is 5.22. The van der Waals surface area contributed by atoms with Gasteiger partial charge in [0, 0.05) is 12.6 Å². The number of piperidine rings is 1. The van der Waals surface area contributed by atoms with Crippen molar-refractivity contribution in [2.24, 2.45) is 11.1 Å². The molecular formula is C9H17N3O. The number of nitrogens with zero attached hydrogens (tertiary/aromatic N) is 1. The molecule has 2 heterocycles. The van der Waals surface area contributed by atoms with Gasteiger partial charge in [-0.05, 0) is 33.0 Å². The molecule has 0 aliphatic carbocycles.